The van der Waals surface area contributed by atoms with Crippen molar-refractivity contribution >= 4 is 38.8 Å². The minimum atomic E-state index is 0.105. The van der Waals surface area contributed by atoms with E-state index in [-0.39, 0.29) is 5.91 Å². The first-order chi connectivity index (χ1) is 14.2. The predicted molar refractivity (Wildman–Crippen MR) is 120 cm³/mol. The molecule has 1 aliphatic rings. The van der Waals surface area contributed by atoms with Crippen molar-refractivity contribution in [3.05, 3.63) is 70.2 Å². The molecule has 1 atom stereocenters. The van der Waals surface area contributed by atoms with Crippen LogP contribution in [0.15, 0.2) is 54.6 Å². The number of nitrogens with zero attached hydrogens (tertiary/aromatic N) is 3. The Kier molecular flexibility index (Phi) is 4.89. The maximum absolute atomic E-state index is 13.3. The predicted octanol–water partition coefficient (Wildman–Crippen LogP) is 5.75. The summed E-state index contributed by atoms with van der Waals surface area (Å²) in [6.45, 7) is 3.47. The van der Waals surface area contributed by atoms with E-state index >= 15 is 0 Å². The van der Waals surface area contributed by atoms with E-state index in [1.807, 2.05) is 48.2 Å². The summed E-state index contributed by atoms with van der Waals surface area (Å²) in [7, 11) is 0. The van der Waals surface area contributed by atoms with Crippen LogP contribution in [-0.2, 0) is 0 Å². The summed E-state index contributed by atoms with van der Waals surface area (Å²) in [4.78, 5) is 25.5. The number of thiazole rings is 2. The second-order valence-corrected chi connectivity index (χ2v) is 9.47. The van der Waals surface area contributed by atoms with Crippen molar-refractivity contribution in [3.63, 3.8) is 0 Å². The van der Waals surface area contributed by atoms with Gasteiger partial charge in [0.25, 0.3) is 5.91 Å². The third-order valence-corrected chi connectivity index (χ3v) is 7.77. The maximum atomic E-state index is 13.3. The van der Waals surface area contributed by atoms with Crippen molar-refractivity contribution in [3.8, 4) is 10.6 Å². The van der Waals surface area contributed by atoms with Gasteiger partial charge in [0.05, 0.1) is 20.9 Å². The van der Waals surface area contributed by atoms with Gasteiger partial charge in [0, 0.05) is 24.6 Å². The highest BCUT2D eigenvalue weighted by molar-refractivity contribution is 7.18. The average Bonchev–Trinajstić information content (AvgIpc) is 3.38. The van der Waals surface area contributed by atoms with E-state index in [9.17, 15) is 4.79 Å². The van der Waals surface area contributed by atoms with E-state index in [4.69, 9.17) is 4.98 Å². The number of aryl methyl sites for hydroxylation is 1. The first-order valence-corrected chi connectivity index (χ1v) is 11.5. The summed E-state index contributed by atoms with van der Waals surface area (Å²) in [5.74, 6) is 0.417. The molecule has 0 aliphatic carbocycles. The number of aromatic nitrogens is 2. The molecule has 1 amide bonds. The van der Waals surface area contributed by atoms with Gasteiger partial charge < -0.3 is 4.90 Å². The SMILES string of the molecule is Cc1nc(-c2ccccc2)sc1C(=O)N1CCC[C@H](c2nc3ccccc3s2)C1. The van der Waals surface area contributed by atoms with Crippen molar-refractivity contribution in [2.75, 3.05) is 13.1 Å². The number of carbonyl (C=O) groups is 1. The second kappa shape index (κ2) is 7.69. The zero-order chi connectivity index (χ0) is 19.8. The van der Waals surface area contributed by atoms with Gasteiger partial charge in [-0.1, -0.05) is 42.5 Å². The molecule has 0 bridgehead atoms. The van der Waals surface area contributed by atoms with Gasteiger partial charge >= 0.3 is 0 Å². The lowest BCUT2D eigenvalue weighted by Crippen LogP contribution is -2.39. The fourth-order valence-corrected chi connectivity index (χ4v) is 6.00. The van der Waals surface area contributed by atoms with Crippen LogP contribution in [-0.4, -0.2) is 33.9 Å². The van der Waals surface area contributed by atoms with Gasteiger partial charge in [-0.15, -0.1) is 22.7 Å². The third kappa shape index (κ3) is 3.58. The van der Waals surface area contributed by atoms with E-state index in [1.165, 1.54) is 16.0 Å². The first kappa shape index (κ1) is 18.5. The smallest absolute Gasteiger partial charge is 0.265 e. The standard InChI is InChI=1S/C23H21N3OS2/c1-15-20(29-21(24-15)16-8-3-2-4-9-16)23(27)26-13-7-10-17(14-26)22-25-18-11-5-6-12-19(18)28-22/h2-6,8-9,11-12,17H,7,10,13-14H2,1H3/t17-/m0/s1. The van der Waals surface area contributed by atoms with Crippen LogP contribution in [0.2, 0.25) is 0 Å². The second-order valence-electron chi connectivity index (χ2n) is 7.41. The van der Waals surface area contributed by atoms with Gasteiger partial charge in [-0.3, -0.25) is 4.79 Å². The van der Waals surface area contributed by atoms with Crippen LogP contribution in [0, 0.1) is 6.92 Å². The van der Waals surface area contributed by atoms with Crippen molar-refractivity contribution in [2.45, 2.75) is 25.7 Å². The lowest BCUT2D eigenvalue weighted by molar-refractivity contribution is 0.0711. The Labute approximate surface area is 177 Å². The number of para-hydroxylation sites is 1. The molecule has 2 aromatic carbocycles. The molecule has 1 fully saturated rings. The molecule has 3 heterocycles. The minimum Gasteiger partial charge on any atom is -0.337 e. The van der Waals surface area contributed by atoms with Crippen LogP contribution < -0.4 is 0 Å². The molecule has 0 radical (unpaired) electrons. The molecular formula is C23H21N3OS2. The van der Waals surface area contributed by atoms with E-state index < -0.39 is 0 Å². The zero-order valence-corrected chi connectivity index (χ0v) is 17.8. The monoisotopic (exact) mass is 419 g/mol. The summed E-state index contributed by atoms with van der Waals surface area (Å²) < 4.78 is 1.22. The number of benzene rings is 2. The van der Waals surface area contributed by atoms with E-state index in [2.05, 4.69) is 23.2 Å². The van der Waals surface area contributed by atoms with Gasteiger partial charge in [-0.05, 0) is 31.9 Å². The van der Waals surface area contributed by atoms with Crippen molar-refractivity contribution in [2.24, 2.45) is 0 Å². The number of carbonyl (C=O) groups excluding carboxylic acids is 1. The Bertz CT molecular complexity index is 1130. The molecule has 1 aliphatic heterocycles. The van der Waals surface area contributed by atoms with Gasteiger partial charge in [-0.25, -0.2) is 9.97 Å². The summed E-state index contributed by atoms with van der Waals surface area (Å²) in [6.07, 6.45) is 2.09. The van der Waals surface area contributed by atoms with Gasteiger partial charge in [0.2, 0.25) is 0 Å². The molecule has 0 saturated carbocycles. The van der Waals surface area contributed by atoms with Crippen molar-refractivity contribution in [1.82, 2.24) is 14.9 Å². The fourth-order valence-electron chi connectivity index (χ4n) is 3.87. The average molecular weight is 420 g/mol. The van der Waals surface area contributed by atoms with Crippen LogP contribution in [0.5, 0.6) is 0 Å². The Balaban J connectivity index is 1.38. The molecule has 2 aromatic heterocycles. The minimum absolute atomic E-state index is 0.105. The topological polar surface area (TPSA) is 46.1 Å². The summed E-state index contributed by atoms with van der Waals surface area (Å²) in [5.41, 5.74) is 2.94. The quantitative estimate of drug-likeness (QED) is 0.425. The molecular weight excluding hydrogens is 398 g/mol. The highest BCUT2D eigenvalue weighted by Gasteiger charge is 2.29. The van der Waals surface area contributed by atoms with E-state index in [0.717, 1.165) is 57.6 Å². The lowest BCUT2D eigenvalue weighted by Gasteiger charge is -2.31. The highest BCUT2D eigenvalue weighted by Crippen LogP contribution is 2.35. The number of rotatable bonds is 3. The number of amides is 1. The Morgan fingerprint density at radius 3 is 2.66 bits per heavy atom. The molecule has 6 heteroatoms. The number of piperidine rings is 1. The molecule has 0 spiro atoms. The lowest BCUT2D eigenvalue weighted by atomic mass is 9.98. The summed E-state index contributed by atoms with van der Waals surface area (Å²) >= 11 is 3.26. The molecule has 0 N–H and O–H groups in total. The van der Waals surface area contributed by atoms with Crippen LogP contribution in [0.1, 0.15) is 39.1 Å². The number of hydrogen-bond donors (Lipinski definition) is 0. The number of hydrogen-bond acceptors (Lipinski definition) is 5. The molecule has 146 valence electrons. The van der Waals surface area contributed by atoms with Crippen LogP contribution in [0.4, 0.5) is 0 Å². The number of fused-ring (bicyclic) bond motifs is 1. The number of likely N-dealkylation sites (tertiary alicyclic amines) is 1. The van der Waals surface area contributed by atoms with Crippen molar-refractivity contribution in [1.29, 1.82) is 0 Å². The molecule has 5 rings (SSSR count). The first-order valence-electron chi connectivity index (χ1n) is 9.86. The van der Waals surface area contributed by atoms with Gasteiger partial charge in [0.15, 0.2) is 0 Å². The molecule has 1 saturated heterocycles. The Morgan fingerprint density at radius 2 is 1.83 bits per heavy atom. The third-order valence-electron chi connectivity index (χ3n) is 5.38. The fraction of sp³-hybridized carbons (Fsp3) is 0.261. The van der Waals surface area contributed by atoms with Gasteiger partial charge in [-0.2, -0.15) is 0 Å². The van der Waals surface area contributed by atoms with Gasteiger partial charge in [0.1, 0.15) is 9.88 Å². The summed E-state index contributed by atoms with van der Waals surface area (Å²) in [5, 5.41) is 2.06. The van der Waals surface area contributed by atoms with E-state index in [0.29, 0.717) is 5.92 Å². The Hall–Kier alpha value is -2.57. The molecule has 4 nitrogen and oxygen atoms in total. The van der Waals surface area contributed by atoms with Crippen LogP contribution in [0.25, 0.3) is 20.8 Å². The van der Waals surface area contributed by atoms with Crippen LogP contribution in [0.3, 0.4) is 0 Å². The molecule has 0 unspecified atom stereocenters. The van der Waals surface area contributed by atoms with Crippen molar-refractivity contribution < 1.29 is 4.79 Å². The summed E-state index contributed by atoms with van der Waals surface area (Å²) in [6, 6.07) is 18.3. The Morgan fingerprint density at radius 1 is 1.03 bits per heavy atom. The highest BCUT2D eigenvalue weighted by atomic mass is 32.1. The maximum Gasteiger partial charge on any atom is 0.265 e. The molecule has 4 aromatic rings. The van der Waals surface area contributed by atoms with E-state index in [1.54, 1.807) is 11.3 Å². The molecule has 29 heavy (non-hydrogen) atoms. The van der Waals surface area contributed by atoms with Crippen LogP contribution >= 0.6 is 22.7 Å². The zero-order valence-electron chi connectivity index (χ0n) is 16.2. The normalized spacial score (nSPS) is 17.0. The largest absolute Gasteiger partial charge is 0.337 e.